The molecule has 0 radical (unpaired) electrons. The quantitative estimate of drug-likeness (QED) is 0.748. The number of carboxylic acids is 1. The number of hydrogen-bond acceptors (Lipinski definition) is 1. The van der Waals surface area contributed by atoms with E-state index < -0.39 is 5.97 Å². The van der Waals surface area contributed by atoms with Gasteiger partial charge in [0.1, 0.15) is 5.15 Å². The van der Waals surface area contributed by atoms with Crippen molar-refractivity contribution in [3.05, 3.63) is 22.5 Å². The van der Waals surface area contributed by atoms with E-state index in [1.165, 1.54) is 6.07 Å². The summed E-state index contributed by atoms with van der Waals surface area (Å²) in [6.45, 7) is 3.82. The van der Waals surface area contributed by atoms with Crippen LogP contribution in [0.5, 0.6) is 0 Å². The molecule has 0 bridgehead atoms. The fourth-order valence-electron chi connectivity index (χ4n) is 1.07. The van der Waals surface area contributed by atoms with Gasteiger partial charge in [0.15, 0.2) is 0 Å². The van der Waals surface area contributed by atoms with Crippen molar-refractivity contribution in [2.24, 2.45) is 0 Å². The van der Waals surface area contributed by atoms with E-state index in [2.05, 4.69) is 4.98 Å². The lowest BCUT2D eigenvalue weighted by molar-refractivity contribution is 0.0695. The highest BCUT2D eigenvalue weighted by molar-refractivity contribution is 6.30. The Kier molecular flexibility index (Phi) is 2.43. The average Bonchev–Trinajstić information content (AvgIpc) is 2.31. The molecule has 3 nitrogen and oxygen atoms in total. The number of halogens is 1. The number of aromatic amines is 1. The highest BCUT2D eigenvalue weighted by Crippen LogP contribution is 2.22. The number of rotatable bonds is 2. The molecule has 0 aliphatic rings. The van der Waals surface area contributed by atoms with Crippen molar-refractivity contribution in [1.82, 2.24) is 4.98 Å². The molecule has 0 aliphatic carbocycles. The molecule has 0 saturated carbocycles. The second-order valence-electron chi connectivity index (χ2n) is 2.90. The molecule has 0 aromatic carbocycles. The third-order valence-corrected chi connectivity index (χ3v) is 1.83. The van der Waals surface area contributed by atoms with E-state index >= 15 is 0 Å². The molecule has 66 valence electrons. The maximum Gasteiger partial charge on any atom is 0.337 e. The highest BCUT2D eigenvalue weighted by Gasteiger charge is 2.15. The molecule has 2 N–H and O–H groups in total. The van der Waals surface area contributed by atoms with Crippen LogP contribution >= 0.6 is 11.6 Å². The number of carboxylic acid groups (broad SMARTS) is 1. The zero-order chi connectivity index (χ0) is 9.30. The molecule has 1 aromatic heterocycles. The Balaban J connectivity index is 3.17. The van der Waals surface area contributed by atoms with Gasteiger partial charge in [-0.2, -0.15) is 0 Å². The topological polar surface area (TPSA) is 53.1 Å². The Morgan fingerprint density at radius 3 is 2.58 bits per heavy atom. The molecule has 1 aromatic rings. The fraction of sp³-hybridized carbons (Fsp3) is 0.375. The summed E-state index contributed by atoms with van der Waals surface area (Å²) < 4.78 is 0. The zero-order valence-corrected chi connectivity index (χ0v) is 7.64. The summed E-state index contributed by atoms with van der Waals surface area (Å²) in [5.41, 5.74) is 0.933. The van der Waals surface area contributed by atoms with Crippen LogP contribution in [0.15, 0.2) is 6.07 Å². The summed E-state index contributed by atoms with van der Waals surface area (Å²) in [5.74, 6) is -0.801. The van der Waals surface area contributed by atoms with E-state index in [1.807, 2.05) is 13.8 Å². The lowest BCUT2D eigenvalue weighted by Crippen LogP contribution is -2.01. The minimum absolute atomic E-state index is 0.142. The molecule has 1 heterocycles. The highest BCUT2D eigenvalue weighted by atomic mass is 35.5. The second-order valence-corrected chi connectivity index (χ2v) is 3.31. The molecule has 0 amide bonds. The lowest BCUT2D eigenvalue weighted by Gasteiger charge is -2.02. The monoisotopic (exact) mass is 187 g/mol. The Bertz CT molecular complexity index is 304. The van der Waals surface area contributed by atoms with Crippen molar-refractivity contribution in [2.75, 3.05) is 0 Å². The summed E-state index contributed by atoms with van der Waals surface area (Å²) in [4.78, 5) is 13.5. The first kappa shape index (κ1) is 9.13. The standard InChI is InChI=1S/C8H10ClNO2/c1-4(2)7-5(8(11)12)3-6(9)10-7/h3-4,10H,1-2H3,(H,11,12). The first-order chi connectivity index (χ1) is 5.52. The van der Waals surface area contributed by atoms with Crippen LogP contribution < -0.4 is 0 Å². The predicted molar refractivity (Wildman–Crippen MR) is 46.9 cm³/mol. The number of H-pyrrole nitrogens is 1. The summed E-state index contributed by atoms with van der Waals surface area (Å²) in [6, 6.07) is 1.43. The van der Waals surface area contributed by atoms with Gasteiger partial charge < -0.3 is 10.1 Å². The van der Waals surface area contributed by atoms with Gasteiger partial charge in [-0.3, -0.25) is 0 Å². The Morgan fingerprint density at radius 1 is 1.67 bits per heavy atom. The van der Waals surface area contributed by atoms with Gasteiger partial charge in [0, 0.05) is 5.69 Å². The predicted octanol–water partition coefficient (Wildman–Crippen LogP) is 2.49. The fourth-order valence-corrected chi connectivity index (χ4v) is 1.28. The largest absolute Gasteiger partial charge is 0.478 e. The van der Waals surface area contributed by atoms with Crippen LogP contribution in [0.2, 0.25) is 5.15 Å². The lowest BCUT2D eigenvalue weighted by atomic mass is 10.1. The van der Waals surface area contributed by atoms with E-state index in [4.69, 9.17) is 16.7 Å². The van der Waals surface area contributed by atoms with Gasteiger partial charge in [-0.15, -0.1) is 0 Å². The van der Waals surface area contributed by atoms with Gasteiger partial charge >= 0.3 is 5.97 Å². The van der Waals surface area contributed by atoms with Crippen LogP contribution in [0.4, 0.5) is 0 Å². The van der Waals surface area contributed by atoms with E-state index in [0.29, 0.717) is 10.8 Å². The van der Waals surface area contributed by atoms with Gasteiger partial charge in [0.2, 0.25) is 0 Å². The minimum Gasteiger partial charge on any atom is -0.478 e. The third-order valence-electron chi connectivity index (χ3n) is 1.62. The number of hydrogen-bond donors (Lipinski definition) is 2. The maximum atomic E-state index is 10.7. The van der Waals surface area contributed by atoms with E-state index in [1.54, 1.807) is 0 Å². The average molecular weight is 188 g/mol. The molecular formula is C8H10ClNO2. The number of carbonyl (C=O) groups is 1. The second kappa shape index (κ2) is 3.19. The van der Waals surface area contributed by atoms with Crippen molar-refractivity contribution in [1.29, 1.82) is 0 Å². The third kappa shape index (κ3) is 1.61. The summed E-state index contributed by atoms with van der Waals surface area (Å²) in [7, 11) is 0. The summed E-state index contributed by atoms with van der Waals surface area (Å²) in [6.07, 6.45) is 0. The van der Waals surface area contributed by atoms with Crippen LogP contribution in [0.1, 0.15) is 35.8 Å². The van der Waals surface area contributed by atoms with Gasteiger partial charge in [0.25, 0.3) is 0 Å². The van der Waals surface area contributed by atoms with Gasteiger partial charge in [-0.1, -0.05) is 25.4 Å². The molecule has 12 heavy (non-hydrogen) atoms. The van der Waals surface area contributed by atoms with E-state index in [-0.39, 0.29) is 11.5 Å². The van der Waals surface area contributed by atoms with Crippen molar-refractivity contribution in [3.8, 4) is 0 Å². The molecule has 4 heteroatoms. The van der Waals surface area contributed by atoms with Crippen molar-refractivity contribution in [3.63, 3.8) is 0 Å². The van der Waals surface area contributed by atoms with E-state index in [0.717, 1.165) is 0 Å². The van der Waals surface area contributed by atoms with Crippen LogP contribution in [0.3, 0.4) is 0 Å². The Labute approximate surface area is 75.4 Å². The summed E-state index contributed by atoms with van der Waals surface area (Å²) in [5, 5.41) is 9.12. The molecule has 0 spiro atoms. The molecular weight excluding hydrogens is 178 g/mol. The van der Waals surface area contributed by atoms with Crippen molar-refractivity contribution in [2.45, 2.75) is 19.8 Å². The van der Waals surface area contributed by atoms with Crippen LogP contribution in [0, 0.1) is 0 Å². The first-order valence-corrected chi connectivity index (χ1v) is 4.02. The number of aromatic carboxylic acids is 1. The molecule has 0 saturated heterocycles. The molecule has 0 fully saturated rings. The van der Waals surface area contributed by atoms with Gasteiger partial charge in [-0.25, -0.2) is 4.79 Å². The SMILES string of the molecule is CC(C)c1[nH]c(Cl)cc1C(=O)O. The molecule has 0 atom stereocenters. The van der Waals surface area contributed by atoms with Gasteiger partial charge in [-0.05, 0) is 12.0 Å². The van der Waals surface area contributed by atoms with Crippen molar-refractivity contribution >= 4 is 17.6 Å². The van der Waals surface area contributed by atoms with E-state index in [9.17, 15) is 4.79 Å². The van der Waals surface area contributed by atoms with Crippen LogP contribution in [0.25, 0.3) is 0 Å². The Morgan fingerprint density at radius 2 is 2.25 bits per heavy atom. The minimum atomic E-state index is -0.943. The smallest absolute Gasteiger partial charge is 0.337 e. The van der Waals surface area contributed by atoms with Gasteiger partial charge in [0.05, 0.1) is 5.56 Å². The molecule has 0 unspecified atom stereocenters. The van der Waals surface area contributed by atoms with Crippen LogP contribution in [-0.2, 0) is 0 Å². The zero-order valence-electron chi connectivity index (χ0n) is 6.89. The number of aromatic nitrogens is 1. The molecule has 0 aliphatic heterocycles. The maximum absolute atomic E-state index is 10.7. The number of nitrogens with one attached hydrogen (secondary N) is 1. The normalized spacial score (nSPS) is 10.7. The van der Waals surface area contributed by atoms with Crippen LogP contribution in [-0.4, -0.2) is 16.1 Å². The van der Waals surface area contributed by atoms with Crippen molar-refractivity contribution < 1.29 is 9.90 Å². The first-order valence-electron chi connectivity index (χ1n) is 3.64. The Hall–Kier alpha value is -0.960. The summed E-state index contributed by atoms with van der Waals surface area (Å²) >= 11 is 5.63. The molecule has 1 rings (SSSR count).